The van der Waals surface area contributed by atoms with Gasteiger partial charge < -0.3 is 20.1 Å². The molecule has 1 saturated heterocycles. The first-order valence-electron chi connectivity index (χ1n) is 9.33. The predicted molar refractivity (Wildman–Crippen MR) is 113 cm³/mol. The molecule has 0 bridgehead atoms. The molecule has 2 N–H and O–H groups in total. The third-order valence-electron chi connectivity index (χ3n) is 4.87. The Hall–Kier alpha value is -2.22. The van der Waals surface area contributed by atoms with Crippen molar-refractivity contribution < 1.29 is 13.9 Å². The molecule has 0 unspecified atom stereocenters. The summed E-state index contributed by atoms with van der Waals surface area (Å²) in [5.41, 5.74) is 2.42. The van der Waals surface area contributed by atoms with Crippen LogP contribution in [0.15, 0.2) is 42.5 Å². The number of anilines is 1. The van der Waals surface area contributed by atoms with Gasteiger partial charge in [-0.25, -0.2) is 4.39 Å². The van der Waals surface area contributed by atoms with Crippen LogP contribution in [0.2, 0.25) is 0 Å². The second-order valence-electron chi connectivity index (χ2n) is 6.74. The van der Waals surface area contributed by atoms with Crippen molar-refractivity contribution in [3.05, 3.63) is 59.4 Å². The third kappa shape index (κ3) is 5.41. The highest BCUT2D eigenvalue weighted by Crippen LogP contribution is 2.24. The maximum Gasteiger partial charge on any atom is 0.170 e. The zero-order valence-corrected chi connectivity index (χ0v) is 17.0. The van der Waals surface area contributed by atoms with E-state index in [9.17, 15) is 4.39 Å². The SMILES string of the molecule is COc1ccc([C@H](CNC(=S)Nc2ccc(C)c(F)c2)N2CCOCC2)cc1. The van der Waals surface area contributed by atoms with Crippen LogP contribution in [0.5, 0.6) is 5.75 Å². The Balaban J connectivity index is 1.66. The zero-order valence-electron chi connectivity index (χ0n) is 16.2. The third-order valence-corrected chi connectivity index (χ3v) is 5.12. The summed E-state index contributed by atoms with van der Waals surface area (Å²) in [5, 5.41) is 6.80. The number of morpholine rings is 1. The van der Waals surface area contributed by atoms with Gasteiger partial charge >= 0.3 is 0 Å². The minimum atomic E-state index is -0.253. The van der Waals surface area contributed by atoms with E-state index in [1.54, 1.807) is 20.1 Å². The van der Waals surface area contributed by atoms with Gasteiger partial charge in [0.2, 0.25) is 0 Å². The summed E-state index contributed by atoms with van der Waals surface area (Å²) in [6.07, 6.45) is 0. The van der Waals surface area contributed by atoms with E-state index in [1.165, 1.54) is 11.6 Å². The Kier molecular flexibility index (Phi) is 7.19. The first kappa shape index (κ1) is 20.5. The van der Waals surface area contributed by atoms with Gasteiger partial charge in [-0.1, -0.05) is 18.2 Å². The highest BCUT2D eigenvalue weighted by molar-refractivity contribution is 7.80. The van der Waals surface area contributed by atoms with Crippen LogP contribution in [0.4, 0.5) is 10.1 Å². The molecule has 3 rings (SSSR count). The molecular weight excluding hydrogens is 377 g/mol. The highest BCUT2D eigenvalue weighted by atomic mass is 32.1. The number of nitrogens with one attached hydrogen (secondary N) is 2. The Morgan fingerprint density at radius 1 is 1.21 bits per heavy atom. The monoisotopic (exact) mass is 403 g/mol. The van der Waals surface area contributed by atoms with Crippen LogP contribution in [0, 0.1) is 12.7 Å². The van der Waals surface area contributed by atoms with Crippen molar-refractivity contribution in [2.24, 2.45) is 0 Å². The summed E-state index contributed by atoms with van der Waals surface area (Å²) in [7, 11) is 1.66. The first-order valence-corrected chi connectivity index (χ1v) is 9.74. The van der Waals surface area contributed by atoms with Crippen molar-refractivity contribution in [2.75, 3.05) is 45.3 Å². The van der Waals surface area contributed by atoms with Crippen molar-refractivity contribution >= 4 is 23.0 Å². The molecule has 7 heteroatoms. The molecule has 150 valence electrons. The zero-order chi connectivity index (χ0) is 19.9. The van der Waals surface area contributed by atoms with Gasteiger partial charge in [0.05, 0.1) is 26.4 Å². The van der Waals surface area contributed by atoms with Gasteiger partial charge in [-0.2, -0.15) is 0 Å². The number of halogens is 1. The largest absolute Gasteiger partial charge is 0.497 e. The van der Waals surface area contributed by atoms with E-state index >= 15 is 0 Å². The fraction of sp³-hybridized carbons (Fsp3) is 0.381. The minimum Gasteiger partial charge on any atom is -0.497 e. The average molecular weight is 404 g/mol. The number of rotatable bonds is 6. The van der Waals surface area contributed by atoms with Gasteiger partial charge in [0.25, 0.3) is 0 Å². The van der Waals surface area contributed by atoms with Crippen molar-refractivity contribution in [1.29, 1.82) is 0 Å². The number of aryl methyl sites for hydroxylation is 1. The van der Waals surface area contributed by atoms with E-state index in [1.807, 2.05) is 18.2 Å². The summed E-state index contributed by atoms with van der Waals surface area (Å²) < 4.78 is 24.5. The van der Waals surface area contributed by atoms with Crippen molar-refractivity contribution in [3.63, 3.8) is 0 Å². The molecule has 0 spiro atoms. The number of hydrogen-bond donors (Lipinski definition) is 2. The number of hydrogen-bond acceptors (Lipinski definition) is 4. The van der Waals surface area contributed by atoms with Gasteiger partial charge in [-0.3, -0.25) is 4.90 Å². The molecule has 5 nitrogen and oxygen atoms in total. The van der Waals surface area contributed by atoms with Gasteiger partial charge in [0.1, 0.15) is 11.6 Å². The summed E-state index contributed by atoms with van der Waals surface area (Å²) in [5.74, 6) is 0.577. The van der Waals surface area contributed by atoms with Gasteiger partial charge in [0.15, 0.2) is 5.11 Å². The number of ether oxygens (including phenoxy) is 2. The fourth-order valence-electron chi connectivity index (χ4n) is 3.21. The molecule has 0 saturated carbocycles. The van der Waals surface area contributed by atoms with Crippen molar-refractivity contribution in [2.45, 2.75) is 13.0 Å². The van der Waals surface area contributed by atoms with Crippen LogP contribution in [0.25, 0.3) is 0 Å². The molecule has 0 amide bonds. The molecule has 1 heterocycles. The Labute approximate surface area is 170 Å². The van der Waals surface area contributed by atoms with Crippen LogP contribution >= 0.6 is 12.2 Å². The summed E-state index contributed by atoms with van der Waals surface area (Å²) >= 11 is 5.41. The molecule has 0 aliphatic carbocycles. The molecule has 1 aliphatic heterocycles. The van der Waals surface area contributed by atoms with E-state index in [0.29, 0.717) is 22.9 Å². The van der Waals surface area contributed by atoms with Crippen LogP contribution in [0.3, 0.4) is 0 Å². The fourth-order valence-corrected chi connectivity index (χ4v) is 3.41. The normalized spacial score (nSPS) is 15.7. The lowest BCUT2D eigenvalue weighted by atomic mass is 10.0. The van der Waals surface area contributed by atoms with E-state index in [4.69, 9.17) is 21.7 Å². The molecule has 1 aliphatic rings. The van der Waals surface area contributed by atoms with Crippen molar-refractivity contribution in [3.8, 4) is 5.75 Å². The maximum atomic E-state index is 13.7. The molecule has 0 radical (unpaired) electrons. The lowest BCUT2D eigenvalue weighted by Gasteiger charge is -2.35. The lowest BCUT2D eigenvalue weighted by Crippen LogP contribution is -2.44. The number of benzene rings is 2. The van der Waals surface area contributed by atoms with E-state index in [0.717, 1.165) is 32.1 Å². The minimum absolute atomic E-state index is 0.143. The Bertz CT molecular complexity index is 795. The quantitative estimate of drug-likeness (QED) is 0.720. The van der Waals surface area contributed by atoms with E-state index in [2.05, 4.69) is 27.7 Å². The molecule has 0 aromatic heterocycles. The average Bonchev–Trinajstić information content (AvgIpc) is 2.72. The second-order valence-corrected chi connectivity index (χ2v) is 7.14. The molecule has 1 fully saturated rings. The van der Waals surface area contributed by atoms with Crippen molar-refractivity contribution in [1.82, 2.24) is 10.2 Å². The van der Waals surface area contributed by atoms with Gasteiger partial charge in [0, 0.05) is 25.3 Å². The van der Waals surface area contributed by atoms with Crippen LogP contribution in [-0.4, -0.2) is 50.0 Å². The first-order chi connectivity index (χ1) is 13.6. The summed E-state index contributed by atoms with van der Waals surface area (Å²) in [6.45, 7) is 5.53. The Morgan fingerprint density at radius 2 is 1.93 bits per heavy atom. The highest BCUT2D eigenvalue weighted by Gasteiger charge is 2.23. The smallest absolute Gasteiger partial charge is 0.170 e. The van der Waals surface area contributed by atoms with E-state index < -0.39 is 0 Å². The lowest BCUT2D eigenvalue weighted by molar-refractivity contribution is 0.0170. The van der Waals surface area contributed by atoms with E-state index in [-0.39, 0.29) is 11.9 Å². The van der Waals surface area contributed by atoms with Crippen LogP contribution in [-0.2, 0) is 4.74 Å². The van der Waals surface area contributed by atoms with Crippen LogP contribution < -0.4 is 15.4 Å². The molecule has 1 atom stereocenters. The topological polar surface area (TPSA) is 45.8 Å². The van der Waals surface area contributed by atoms with Crippen LogP contribution in [0.1, 0.15) is 17.2 Å². The molecule has 2 aromatic rings. The number of thiocarbonyl (C=S) groups is 1. The molecular formula is C21H26FN3O2S. The van der Waals surface area contributed by atoms with Gasteiger partial charge in [-0.15, -0.1) is 0 Å². The summed E-state index contributed by atoms with van der Waals surface area (Å²) in [4.78, 5) is 2.38. The number of nitrogens with zero attached hydrogens (tertiary/aromatic N) is 1. The Morgan fingerprint density at radius 3 is 2.57 bits per heavy atom. The summed E-state index contributed by atoms with van der Waals surface area (Å²) in [6, 6.07) is 13.2. The molecule has 2 aromatic carbocycles. The maximum absolute atomic E-state index is 13.7. The van der Waals surface area contributed by atoms with Gasteiger partial charge in [-0.05, 0) is 54.5 Å². The molecule has 28 heavy (non-hydrogen) atoms. The number of methoxy groups -OCH3 is 1. The standard InChI is InChI=1S/C21H26FN3O2S/c1-15-3-6-17(13-19(15)22)24-21(28)23-14-20(25-9-11-27-12-10-25)16-4-7-18(26-2)8-5-16/h3-8,13,20H,9-12,14H2,1-2H3,(H2,23,24,28)/t20-/m0/s1. The predicted octanol–water partition coefficient (Wildman–Crippen LogP) is 3.50. The second kappa shape index (κ2) is 9.82.